The third kappa shape index (κ3) is 2.35. The average molecular weight is 254 g/mol. The van der Waals surface area contributed by atoms with E-state index in [0.29, 0.717) is 12.1 Å². The zero-order chi connectivity index (χ0) is 13.1. The van der Waals surface area contributed by atoms with Crippen LogP contribution in [-0.2, 0) is 6.42 Å². The van der Waals surface area contributed by atoms with E-state index in [9.17, 15) is 4.79 Å². The van der Waals surface area contributed by atoms with Crippen LogP contribution in [0.1, 0.15) is 15.9 Å². The second-order valence-electron chi connectivity index (χ2n) is 4.35. The summed E-state index contributed by atoms with van der Waals surface area (Å²) in [5.41, 5.74) is 2.89. The number of fused-ring (bicyclic) bond motifs is 1. The summed E-state index contributed by atoms with van der Waals surface area (Å²) in [4.78, 5) is 14.9. The molecular formula is C14H14N4O. The number of nitrogens with one attached hydrogen (secondary N) is 3. The van der Waals surface area contributed by atoms with Crippen LogP contribution in [0.25, 0.3) is 10.9 Å². The summed E-state index contributed by atoms with van der Waals surface area (Å²) in [6.07, 6.45) is 5.89. The number of para-hydroxylation sites is 1. The molecule has 0 spiro atoms. The molecule has 0 fully saturated rings. The van der Waals surface area contributed by atoms with Crippen molar-refractivity contribution in [2.75, 3.05) is 6.54 Å². The van der Waals surface area contributed by atoms with Crippen molar-refractivity contribution in [3.8, 4) is 0 Å². The summed E-state index contributed by atoms with van der Waals surface area (Å²) in [5, 5.41) is 10.5. The quantitative estimate of drug-likeness (QED) is 0.665. The summed E-state index contributed by atoms with van der Waals surface area (Å²) >= 11 is 0. The number of aromatic nitrogens is 3. The van der Waals surface area contributed by atoms with E-state index >= 15 is 0 Å². The maximum Gasteiger partial charge on any atom is 0.254 e. The number of aromatic amines is 2. The van der Waals surface area contributed by atoms with Crippen LogP contribution >= 0.6 is 0 Å². The lowest BCUT2D eigenvalue weighted by Crippen LogP contribution is -2.25. The summed E-state index contributed by atoms with van der Waals surface area (Å²) in [7, 11) is 0. The van der Waals surface area contributed by atoms with Crippen LogP contribution in [0.4, 0.5) is 0 Å². The van der Waals surface area contributed by atoms with Gasteiger partial charge in [-0.15, -0.1) is 0 Å². The molecule has 0 aliphatic carbocycles. The normalized spacial score (nSPS) is 10.7. The van der Waals surface area contributed by atoms with Gasteiger partial charge in [-0.2, -0.15) is 5.10 Å². The van der Waals surface area contributed by atoms with Crippen molar-refractivity contribution in [1.29, 1.82) is 0 Å². The molecule has 5 nitrogen and oxygen atoms in total. The number of amides is 1. The zero-order valence-electron chi connectivity index (χ0n) is 10.3. The van der Waals surface area contributed by atoms with Gasteiger partial charge in [0.25, 0.3) is 5.91 Å². The highest BCUT2D eigenvalue weighted by molar-refractivity contribution is 5.93. The molecule has 1 aromatic carbocycles. The van der Waals surface area contributed by atoms with E-state index in [4.69, 9.17) is 0 Å². The van der Waals surface area contributed by atoms with Crippen LogP contribution in [0, 0.1) is 0 Å². The molecule has 3 N–H and O–H groups in total. The van der Waals surface area contributed by atoms with Crippen LogP contribution < -0.4 is 5.32 Å². The van der Waals surface area contributed by atoms with Crippen LogP contribution in [0.3, 0.4) is 0 Å². The maximum absolute atomic E-state index is 11.7. The molecular weight excluding hydrogens is 240 g/mol. The van der Waals surface area contributed by atoms with E-state index in [-0.39, 0.29) is 5.91 Å². The lowest BCUT2D eigenvalue weighted by Gasteiger charge is -2.02. The summed E-state index contributed by atoms with van der Waals surface area (Å²) < 4.78 is 0. The second kappa shape index (κ2) is 4.97. The first kappa shape index (κ1) is 11.5. The Hall–Kier alpha value is -2.56. The van der Waals surface area contributed by atoms with Crippen molar-refractivity contribution in [2.24, 2.45) is 0 Å². The zero-order valence-corrected chi connectivity index (χ0v) is 10.3. The van der Waals surface area contributed by atoms with Gasteiger partial charge in [-0.05, 0) is 18.1 Å². The number of hydrogen-bond donors (Lipinski definition) is 3. The van der Waals surface area contributed by atoms with Crippen LogP contribution in [0.2, 0.25) is 0 Å². The average Bonchev–Trinajstić information content (AvgIpc) is 3.08. The molecule has 0 saturated heterocycles. The third-order valence-corrected chi connectivity index (χ3v) is 3.12. The molecule has 3 rings (SSSR count). The summed E-state index contributed by atoms with van der Waals surface area (Å²) in [6, 6.07) is 8.15. The Kier molecular flexibility index (Phi) is 3.02. The number of carbonyl (C=O) groups is 1. The fourth-order valence-electron chi connectivity index (χ4n) is 2.13. The molecule has 3 aromatic rings. The van der Waals surface area contributed by atoms with Gasteiger partial charge < -0.3 is 10.3 Å². The molecule has 2 aromatic heterocycles. The van der Waals surface area contributed by atoms with E-state index < -0.39 is 0 Å². The number of hydrogen-bond acceptors (Lipinski definition) is 2. The van der Waals surface area contributed by atoms with Crippen LogP contribution in [0.15, 0.2) is 42.9 Å². The molecule has 0 saturated carbocycles. The van der Waals surface area contributed by atoms with Crippen molar-refractivity contribution in [1.82, 2.24) is 20.5 Å². The SMILES string of the molecule is O=C(NCCc1c[nH]c2ccccc12)c1cn[nH]c1. The third-order valence-electron chi connectivity index (χ3n) is 3.12. The molecule has 0 aliphatic heterocycles. The smallest absolute Gasteiger partial charge is 0.254 e. The number of H-pyrrole nitrogens is 2. The van der Waals surface area contributed by atoms with Crippen LogP contribution in [0.5, 0.6) is 0 Å². The molecule has 5 heteroatoms. The van der Waals surface area contributed by atoms with Crippen molar-refractivity contribution >= 4 is 16.8 Å². The largest absolute Gasteiger partial charge is 0.361 e. The molecule has 1 amide bonds. The number of benzene rings is 1. The Bertz CT molecular complexity index is 684. The minimum absolute atomic E-state index is 0.103. The Morgan fingerprint density at radius 1 is 1.26 bits per heavy atom. The van der Waals surface area contributed by atoms with Gasteiger partial charge >= 0.3 is 0 Å². The van der Waals surface area contributed by atoms with Gasteiger partial charge in [0.1, 0.15) is 0 Å². The summed E-state index contributed by atoms with van der Waals surface area (Å²) in [5.74, 6) is -0.103. The minimum Gasteiger partial charge on any atom is -0.361 e. The Balaban J connectivity index is 1.62. The standard InChI is InChI=1S/C14H14N4O/c19-14(11-8-17-18-9-11)15-6-5-10-7-16-13-4-2-1-3-12(10)13/h1-4,7-9,16H,5-6H2,(H,15,19)(H,17,18). The van der Waals surface area contributed by atoms with E-state index in [1.807, 2.05) is 24.4 Å². The fourth-order valence-corrected chi connectivity index (χ4v) is 2.13. The molecule has 96 valence electrons. The highest BCUT2D eigenvalue weighted by Gasteiger charge is 2.07. The Morgan fingerprint density at radius 2 is 2.16 bits per heavy atom. The molecule has 0 atom stereocenters. The highest BCUT2D eigenvalue weighted by Crippen LogP contribution is 2.17. The van der Waals surface area contributed by atoms with Gasteiger partial charge in [0, 0.05) is 29.8 Å². The molecule has 0 aliphatic rings. The monoisotopic (exact) mass is 254 g/mol. The molecule has 2 heterocycles. The lowest BCUT2D eigenvalue weighted by atomic mass is 10.1. The van der Waals surface area contributed by atoms with Gasteiger partial charge in [-0.25, -0.2) is 0 Å². The van der Waals surface area contributed by atoms with Gasteiger partial charge in [0.15, 0.2) is 0 Å². The van der Waals surface area contributed by atoms with Crippen molar-refractivity contribution in [2.45, 2.75) is 6.42 Å². The molecule has 0 unspecified atom stereocenters. The number of carbonyl (C=O) groups excluding carboxylic acids is 1. The highest BCUT2D eigenvalue weighted by atomic mass is 16.1. The fraction of sp³-hybridized carbons (Fsp3) is 0.143. The topological polar surface area (TPSA) is 73.6 Å². The van der Waals surface area contributed by atoms with Crippen molar-refractivity contribution in [3.05, 3.63) is 54.0 Å². The predicted octanol–water partition coefficient (Wildman–Crippen LogP) is 1.86. The van der Waals surface area contributed by atoms with Gasteiger partial charge in [-0.3, -0.25) is 9.89 Å². The number of nitrogens with zero attached hydrogens (tertiary/aromatic N) is 1. The van der Waals surface area contributed by atoms with E-state index in [1.54, 1.807) is 6.20 Å². The second-order valence-corrected chi connectivity index (χ2v) is 4.35. The predicted molar refractivity (Wildman–Crippen MR) is 72.9 cm³/mol. The van der Waals surface area contributed by atoms with Gasteiger partial charge in [0.05, 0.1) is 11.8 Å². The summed E-state index contributed by atoms with van der Waals surface area (Å²) in [6.45, 7) is 0.603. The Labute approximate surface area is 110 Å². The minimum atomic E-state index is -0.103. The van der Waals surface area contributed by atoms with Crippen LogP contribution in [-0.4, -0.2) is 27.6 Å². The molecule has 19 heavy (non-hydrogen) atoms. The first-order chi connectivity index (χ1) is 9.34. The van der Waals surface area contributed by atoms with E-state index in [2.05, 4.69) is 26.6 Å². The van der Waals surface area contributed by atoms with E-state index in [0.717, 1.165) is 11.9 Å². The Morgan fingerprint density at radius 3 is 3.00 bits per heavy atom. The first-order valence-corrected chi connectivity index (χ1v) is 6.16. The van der Waals surface area contributed by atoms with Crippen molar-refractivity contribution < 1.29 is 4.79 Å². The van der Waals surface area contributed by atoms with Gasteiger partial charge in [-0.1, -0.05) is 18.2 Å². The first-order valence-electron chi connectivity index (χ1n) is 6.16. The molecule has 0 radical (unpaired) electrons. The van der Waals surface area contributed by atoms with Gasteiger partial charge in [0.2, 0.25) is 0 Å². The number of rotatable bonds is 4. The maximum atomic E-state index is 11.7. The van der Waals surface area contributed by atoms with Crippen molar-refractivity contribution in [3.63, 3.8) is 0 Å². The van der Waals surface area contributed by atoms with E-state index in [1.165, 1.54) is 17.1 Å². The molecule has 0 bridgehead atoms. The lowest BCUT2D eigenvalue weighted by molar-refractivity contribution is 0.0954.